The van der Waals surface area contributed by atoms with Crippen LogP contribution >= 0.6 is 0 Å². The zero-order chi connectivity index (χ0) is 12.1. The van der Waals surface area contributed by atoms with Gasteiger partial charge in [0.15, 0.2) is 5.78 Å². The number of pyridine rings is 1. The minimum Gasteiger partial charge on any atom is -0.381 e. The Kier molecular flexibility index (Phi) is 3.83. The molecular formula is C14H15NO2. The van der Waals surface area contributed by atoms with Crippen molar-refractivity contribution < 1.29 is 9.53 Å². The topological polar surface area (TPSA) is 39.2 Å². The molecular weight excluding hydrogens is 214 g/mol. The molecule has 1 heterocycles. The summed E-state index contributed by atoms with van der Waals surface area (Å²) in [6.45, 7) is 3.03. The lowest BCUT2D eigenvalue weighted by Gasteiger charge is -2.05. The predicted molar refractivity (Wildman–Crippen MR) is 67.2 cm³/mol. The second kappa shape index (κ2) is 5.55. The molecule has 0 unspecified atom stereocenters. The number of fused-ring (bicyclic) bond motifs is 1. The number of ketones is 1. The molecule has 0 amide bonds. The molecule has 1 aromatic carbocycles. The molecule has 0 saturated carbocycles. The van der Waals surface area contributed by atoms with Gasteiger partial charge in [-0.05, 0) is 12.3 Å². The van der Waals surface area contributed by atoms with Gasteiger partial charge in [0.2, 0.25) is 0 Å². The Bertz CT molecular complexity index is 517. The monoisotopic (exact) mass is 229 g/mol. The number of hydrogen-bond donors (Lipinski definition) is 0. The van der Waals surface area contributed by atoms with E-state index in [1.54, 1.807) is 12.4 Å². The number of nitrogens with zero attached hydrogens (tertiary/aromatic N) is 1. The molecule has 0 spiro atoms. The van der Waals surface area contributed by atoms with Crippen LogP contribution in [0, 0.1) is 0 Å². The van der Waals surface area contributed by atoms with Crippen LogP contribution in [-0.2, 0) is 4.74 Å². The van der Waals surface area contributed by atoms with Gasteiger partial charge in [-0.3, -0.25) is 9.78 Å². The van der Waals surface area contributed by atoms with Crippen molar-refractivity contribution in [2.75, 3.05) is 13.2 Å². The van der Waals surface area contributed by atoms with Gasteiger partial charge in [-0.25, -0.2) is 0 Å². The minimum absolute atomic E-state index is 0.0859. The summed E-state index contributed by atoms with van der Waals surface area (Å²) in [4.78, 5) is 16.1. The molecule has 0 fully saturated rings. The first-order valence-electron chi connectivity index (χ1n) is 5.76. The largest absolute Gasteiger partial charge is 0.381 e. The van der Waals surface area contributed by atoms with E-state index in [0.29, 0.717) is 25.2 Å². The van der Waals surface area contributed by atoms with Crippen LogP contribution in [0.15, 0.2) is 36.7 Å². The fraction of sp³-hybridized carbons (Fsp3) is 0.286. The van der Waals surface area contributed by atoms with Gasteiger partial charge in [0.25, 0.3) is 0 Å². The van der Waals surface area contributed by atoms with Crippen molar-refractivity contribution in [3.05, 3.63) is 42.2 Å². The van der Waals surface area contributed by atoms with Gasteiger partial charge in [-0.2, -0.15) is 0 Å². The molecule has 0 aliphatic carbocycles. The van der Waals surface area contributed by atoms with Crippen LogP contribution in [0.25, 0.3) is 10.8 Å². The summed E-state index contributed by atoms with van der Waals surface area (Å²) < 4.78 is 5.20. The summed E-state index contributed by atoms with van der Waals surface area (Å²) in [6, 6.07) is 7.78. The van der Waals surface area contributed by atoms with Crippen LogP contribution in [0.3, 0.4) is 0 Å². The molecule has 0 bridgehead atoms. The first-order valence-corrected chi connectivity index (χ1v) is 5.76. The predicted octanol–water partition coefficient (Wildman–Crippen LogP) is 2.84. The maximum atomic E-state index is 12.0. The SMILES string of the molecule is CCOCCC(=O)c1cncc2ccccc12. The molecule has 0 saturated heterocycles. The summed E-state index contributed by atoms with van der Waals surface area (Å²) >= 11 is 0. The molecule has 2 aromatic rings. The van der Waals surface area contributed by atoms with Crippen molar-refractivity contribution in [3.63, 3.8) is 0 Å². The lowest BCUT2D eigenvalue weighted by Crippen LogP contribution is -2.05. The van der Waals surface area contributed by atoms with Gasteiger partial charge in [0.05, 0.1) is 6.61 Å². The fourth-order valence-corrected chi connectivity index (χ4v) is 1.78. The fourth-order valence-electron chi connectivity index (χ4n) is 1.78. The van der Waals surface area contributed by atoms with E-state index >= 15 is 0 Å². The number of carbonyl (C=O) groups is 1. The Morgan fingerprint density at radius 1 is 1.29 bits per heavy atom. The summed E-state index contributed by atoms with van der Waals surface area (Å²) in [6.07, 6.45) is 3.81. The number of rotatable bonds is 5. The summed E-state index contributed by atoms with van der Waals surface area (Å²) in [5.74, 6) is 0.0859. The van der Waals surface area contributed by atoms with E-state index in [1.165, 1.54) is 0 Å². The summed E-state index contributed by atoms with van der Waals surface area (Å²) in [5, 5.41) is 1.96. The van der Waals surface area contributed by atoms with E-state index in [4.69, 9.17) is 4.74 Å². The Hall–Kier alpha value is -1.74. The number of benzene rings is 1. The molecule has 0 atom stereocenters. The average molecular weight is 229 g/mol. The van der Waals surface area contributed by atoms with E-state index < -0.39 is 0 Å². The van der Waals surface area contributed by atoms with Gasteiger partial charge in [0, 0.05) is 36.4 Å². The number of aromatic nitrogens is 1. The third-order valence-electron chi connectivity index (χ3n) is 2.65. The standard InChI is InChI=1S/C14H15NO2/c1-2-17-8-7-14(16)13-10-15-9-11-5-3-4-6-12(11)13/h3-6,9-10H,2,7-8H2,1H3. The molecule has 2 rings (SSSR count). The zero-order valence-electron chi connectivity index (χ0n) is 9.85. The molecule has 0 radical (unpaired) electrons. The molecule has 3 heteroatoms. The van der Waals surface area contributed by atoms with Crippen LogP contribution in [0.2, 0.25) is 0 Å². The van der Waals surface area contributed by atoms with Crippen LogP contribution in [-0.4, -0.2) is 24.0 Å². The zero-order valence-corrected chi connectivity index (χ0v) is 9.85. The second-order valence-electron chi connectivity index (χ2n) is 3.78. The maximum Gasteiger partial charge on any atom is 0.167 e. The number of carbonyl (C=O) groups excluding carboxylic acids is 1. The summed E-state index contributed by atoms with van der Waals surface area (Å²) in [7, 11) is 0. The lowest BCUT2D eigenvalue weighted by molar-refractivity contribution is 0.0897. The number of ether oxygens (including phenoxy) is 1. The van der Waals surface area contributed by atoms with E-state index in [9.17, 15) is 4.79 Å². The Labute approximate surface area is 100 Å². The third-order valence-corrected chi connectivity index (χ3v) is 2.65. The van der Waals surface area contributed by atoms with Gasteiger partial charge in [-0.1, -0.05) is 24.3 Å². The summed E-state index contributed by atoms with van der Waals surface area (Å²) in [5.41, 5.74) is 0.683. The van der Waals surface area contributed by atoms with Gasteiger partial charge in [0.1, 0.15) is 0 Å². The normalized spacial score (nSPS) is 10.6. The van der Waals surface area contributed by atoms with Crippen LogP contribution in [0.1, 0.15) is 23.7 Å². The van der Waals surface area contributed by atoms with Crippen LogP contribution < -0.4 is 0 Å². The highest BCUT2D eigenvalue weighted by atomic mass is 16.5. The van der Waals surface area contributed by atoms with Crippen molar-refractivity contribution in [3.8, 4) is 0 Å². The molecule has 0 N–H and O–H groups in total. The number of Topliss-reactive ketones (excluding diaryl/α,β-unsaturated/α-hetero) is 1. The molecule has 0 aliphatic rings. The quantitative estimate of drug-likeness (QED) is 0.584. The van der Waals surface area contributed by atoms with E-state index in [0.717, 1.165) is 10.8 Å². The van der Waals surface area contributed by atoms with Crippen molar-refractivity contribution >= 4 is 16.6 Å². The van der Waals surface area contributed by atoms with E-state index in [1.807, 2.05) is 31.2 Å². The minimum atomic E-state index is 0.0859. The lowest BCUT2D eigenvalue weighted by atomic mass is 10.0. The van der Waals surface area contributed by atoms with Crippen LogP contribution in [0.5, 0.6) is 0 Å². The molecule has 88 valence electrons. The third kappa shape index (κ3) is 2.68. The van der Waals surface area contributed by atoms with Crippen LogP contribution in [0.4, 0.5) is 0 Å². The Morgan fingerprint density at radius 2 is 2.12 bits per heavy atom. The highest BCUT2D eigenvalue weighted by Crippen LogP contribution is 2.18. The van der Waals surface area contributed by atoms with Crippen molar-refractivity contribution in [2.45, 2.75) is 13.3 Å². The molecule has 3 nitrogen and oxygen atoms in total. The highest BCUT2D eigenvalue weighted by molar-refractivity contribution is 6.07. The number of hydrogen-bond acceptors (Lipinski definition) is 3. The highest BCUT2D eigenvalue weighted by Gasteiger charge is 2.09. The van der Waals surface area contributed by atoms with E-state index in [-0.39, 0.29) is 5.78 Å². The van der Waals surface area contributed by atoms with Gasteiger partial charge >= 0.3 is 0 Å². The average Bonchev–Trinajstić information content (AvgIpc) is 2.38. The smallest absolute Gasteiger partial charge is 0.167 e. The van der Waals surface area contributed by atoms with Crippen molar-refractivity contribution in [1.29, 1.82) is 0 Å². The maximum absolute atomic E-state index is 12.0. The van der Waals surface area contributed by atoms with E-state index in [2.05, 4.69) is 4.98 Å². The second-order valence-corrected chi connectivity index (χ2v) is 3.78. The Morgan fingerprint density at radius 3 is 2.94 bits per heavy atom. The molecule has 0 aliphatic heterocycles. The first kappa shape index (κ1) is 11.7. The Balaban J connectivity index is 2.26. The van der Waals surface area contributed by atoms with Gasteiger partial charge < -0.3 is 4.74 Å². The molecule has 17 heavy (non-hydrogen) atoms. The van der Waals surface area contributed by atoms with Gasteiger partial charge in [-0.15, -0.1) is 0 Å². The molecule has 1 aromatic heterocycles. The van der Waals surface area contributed by atoms with Crippen molar-refractivity contribution in [1.82, 2.24) is 4.98 Å². The first-order chi connectivity index (χ1) is 8.33. The van der Waals surface area contributed by atoms with Crippen molar-refractivity contribution in [2.24, 2.45) is 0 Å².